The van der Waals surface area contributed by atoms with Crippen molar-refractivity contribution < 1.29 is 0 Å². The molecule has 0 saturated carbocycles. The smallest absolute Gasteiger partial charge is 0.283 e. The molecule has 0 amide bonds. The monoisotopic (exact) mass is 316 g/mol. The zero-order valence-corrected chi connectivity index (χ0v) is 12.7. The lowest BCUT2D eigenvalue weighted by Crippen LogP contribution is -2.29. The Kier molecular flexibility index (Phi) is 6.35. The van der Waals surface area contributed by atoms with Crippen molar-refractivity contribution >= 4 is 21.6 Å². The second-order valence-electron chi connectivity index (χ2n) is 4.44. The molecule has 0 saturated heterocycles. The predicted molar refractivity (Wildman–Crippen MR) is 78.1 cm³/mol. The van der Waals surface area contributed by atoms with Crippen molar-refractivity contribution in [3.05, 3.63) is 21.0 Å². The first-order chi connectivity index (χ1) is 8.56. The lowest BCUT2D eigenvalue weighted by Gasteiger charge is -2.11. The molecule has 18 heavy (non-hydrogen) atoms. The van der Waals surface area contributed by atoms with Gasteiger partial charge in [-0.05, 0) is 22.4 Å². The third kappa shape index (κ3) is 4.42. The lowest BCUT2D eigenvalue weighted by atomic mass is 10.4. The van der Waals surface area contributed by atoms with E-state index < -0.39 is 0 Å². The maximum Gasteiger partial charge on any atom is 0.283 e. The minimum absolute atomic E-state index is 0.0846. The van der Waals surface area contributed by atoms with Gasteiger partial charge in [-0.1, -0.05) is 20.8 Å². The molecule has 0 spiro atoms. The van der Waals surface area contributed by atoms with E-state index in [0.717, 1.165) is 25.2 Å². The quantitative estimate of drug-likeness (QED) is 0.753. The first-order valence-corrected chi connectivity index (χ1v) is 7.08. The van der Waals surface area contributed by atoms with Crippen LogP contribution in [-0.2, 0) is 6.54 Å². The number of halogens is 1. The molecule has 0 fully saturated rings. The predicted octanol–water partition coefficient (Wildman–Crippen LogP) is 1.83. The van der Waals surface area contributed by atoms with Crippen molar-refractivity contribution in [1.82, 2.24) is 15.1 Å². The number of rotatable bonds is 7. The van der Waals surface area contributed by atoms with Crippen LogP contribution in [0.2, 0.25) is 0 Å². The molecule has 2 N–H and O–H groups in total. The Morgan fingerprint density at radius 2 is 2.17 bits per heavy atom. The summed E-state index contributed by atoms with van der Waals surface area (Å²) in [6.45, 7) is 8.48. The number of aryl methyl sites for hydroxylation is 1. The summed E-state index contributed by atoms with van der Waals surface area (Å²) >= 11 is 3.33. The van der Waals surface area contributed by atoms with Gasteiger partial charge in [0.2, 0.25) is 0 Å². The van der Waals surface area contributed by atoms with Gasteiger partial charge in [0, 0.05) is 25.7 Å². The molecular weight excluding hydrogens is 296 g/mol. The van der Waals surface area contributed by atoms with Crippen LogP contribution in [0.25, 0.3) is 0 Å². The molecule has 1 aromatic rings. The Labute approximate surface area is 116 Å². The summed E-state index contributed by atoms with van der Waals surface area (Å²) in [6.07, 6.45) is 2.58. The second-order valence-corrected chi connectivity index (χ2v) is 5.23. The van der Waals surface area contributed by atoms with Gasteiger partial charge in [0.15, 0.2) is 0 Å². The highest BCUT2D eigenvalue weighted by atomic mass is 79.9. The molecule has 0 atom stereocenters. The van der Waals surface area contributed by atoms with E-state index in [0.29, 0.717) is 17.1 Å². The molecule has 0 aromatic carbocycles. The number of anilines is 1. The summed E-state index contributed by atoms with van der Waals surface area (Å²) in [7, 11) is 0. The van der Waals surface area contributed by atoms with Crippen molar-refractivity contribution in [3.63, 3.8) is 0 Å². The van der Waals surface area contributed by atoms with Gasteiger partial charge in [0.1, 0.15) is 4.47 Å². The van der Waals surface area contributed by atoms with Gasteiger partial charge in [-0.25, -0.2) is 4.68 Å². The Morgan fingerprint density at radius 1 is 1.44 bits per heavy atom. The highest BCUT2D eigenvalue weighted by molar-refractivity contribution is 9.10. The van der Waals surface area contributed by atoms with Crippen molar-refractivity contribution in [1.29, 1.82) is 0 Å². The third-order valence-corrected chi connectivity index (χ3v) is 3.18. The second kappa shape index (κ2) is 7.53. The average molecular weight is 317 g/mol. The molecule has 0 bridgehead atoms. The molecule has 1 heterocycles. The van der Waals surface area contributed by atoms with Gasteiger partial charge in [-0.15, -0.1) is 0 Å². The lowest BCUT2D eigenvalue weighted by molar-refractivity contribution is 0.565. The van der Waals surface area contributed by atoms with E-state index in [1.54, 1.807) is 6.20 Å². The van der Waals surface area contributed by atoms with Crippen molar-refractivity contribution in [2.75, 3.05) is 18.4 Å². The fraction of sp³-hybridized carbons (Fsp3) is 0.667. The fourth-order valence-corrected chi connectivity index (χ4v) is 1.96. The zero-order valence-electron chi connectivity index (χ0n) is 11.2. The van der Waals surface area contributed by atoms with Crippen LogP contribution in [0.3, 0.4) is 0 Å². The molecule has 6 heteroatoms. The van der Waals surface area contributed by atoms with Crippen LogP contribution in [0.4, 0.5) is 5.69 Å². The van der Waals surface area contributed by atoms with E-state index in [9.17, 15) is 4.79 Å². The summed E-state index contributed by atoms with van der Waals surface area (Å²) in [5.74, 6) is 0. The van der Waals surface area contributed by atoms with Crippen molar-refractivity contribution in [2.45, 2.75) is 39.8 Å². The van der Waals surface area contributed by atoms with Crippen LogP contribution in [0, 0.1) is 0 Å². The summed E-state index contributed by atoms with van der Waals surface area (Å²) in [5, 5.41) is 10.6. The molecule has 0 radical (unpaired) electrons. The van der Waals surface area contributed by atoms with Crippen LogP contribution in [0.1, 0.15) is 27.2 Å². The average Bonchev–Trinajstić information content (AvgIpc) is 2.33. The fourth-order valence-electron chi connectivity index (χ4n) is 1.52. The molecule has 1 rings (SSSR count). The normalized spacial score (nSPS) is 10.9. The minimum atomic E-state index is -0.0846. The van der Waals surface area contributed by atoms with Gasteiger partial charge in [0.05, 0.1) is 11.9 Å². The number of nitrogens with one attached hydrogen (secondary N) is 2. The first kappa shape index (κ1) is 15.2. The maximum absolute atomic E-state index is 11.9. The first-order valence-electron chi connectivity index (χ1n) is 6.29. The Morgan fingerprint density at radius 3 is 2.78 bits per heavy atom. The number of hydrogen-bond donors (Lipinski definition) is 2. The Hall–Kier alpha value is -0.880. The molecule has 1 aromatic heterocycles. The standard InChI is InChI=1S/C12H21BrN4O/c1-4-7-17-12(18)11(13)10(8-16-17)15-6-5-14-9(2)3/h8-9,14-15H,4-7H2,1-3H3. The highest BCUT2D eigenvalue weighted by Crippen LogP contribution is 2.15. The Bertz CT molecular complexity index is 431. The number of aromatic nitrogens is 2. The third-order valence-electron chi connectivity index (χ3n) is 2.41. The number of nitrogens with zero attached hydrogens (tertiary/aromatic N) is 2. The largest absolute Gasteiger partial charge is 0.381 e. The summed E-state index contributed by atoms with van der Waals surface area (Å²) in [5.41, 5.74) is 0.663. The van der Waals surface area contributed by atoms with Gasteiger partial charge >= 0.3 is 0 Å². The Balaban J connectivity index is 2.62. The van der Waals surface area contributed by atoms with Crippen molar-refractivity contribution in [3.8, 4) is 0 Å². The molecular formula is C12H21BrN4O. The summed E-state index contributed by atoms with van der Waals surface area (Å²) in [4.78, 5) is 11.9. The van der Waals surface area contributed by atoms with Gasteiger partial charge in [-0.3, -0.25) is 4.79 Å². The highest BCUT2D eigenvalue weighted by Gasteiger charge is 2.07. The van der Waals surface area contributed by atoms with E-state index in [-0.39, 0.29) is 5.56 Å². The summed E-state index contributed by atoms with van der Waals surface area (Å²) < 4.78 is 2.03. The van der Waals surface area contributed by atoms with Crippen molar-refractivity contribution in [2.24, 2.45) is 0 Å². The number of hydrogen-bond acceptors (Lipinski definition) is 4. The van der Waals surface area contributed by atoms with E-state index >= 15 is 0 Å². The van der Waals surface area contributed by atoms with E-state index in [1.165, 1.54) is 4.68 Å². The van der Waals surface area contributed by atoms with Gasteiger partial charge in [0.25, 0.3) is 5.56 Å². The van der Waals surface area contributed by atoms with Crippen LogP contribution in [0.15, 0.2) is 15.5 Å². The molecule has 102 valence electrons. The minimum Gasteiger partial charge on any atom is -0.381 e. The molecule has 0 unspecified atom stereocenters. The molecule has 5 nitrogen and oxygen atoms in total. The molecule has 0 aliphatic carbocycles. The van der Waals surface area contributed by atoms with E-state index in [2.05, 4.69) is 45.5 Å². The maximum atomic E-state index is 11.9. The zero-order chi connectivity index (χ0) is 13.5. The van der Waals surface area contributed by atoms with E-state index in [4.69, 9.17) is 0 Å². The van der Waals surface area contributed by atoms with Crippen LogP contribution in [-0.4, -0.2) is 28.9 Å². The van der Waals surface area contributed by atoms with Crippen LogP contribution in [0.5, 0.6) is 0 Å². The topological polar surface area (TPSA) is 59.0 Å². The SMILES string of the molecule is CCCn1ncc(NCCNC(C)C)c(Br)c1=O. The van der Waals surface area contributed by atoms with E-state index in [1.807, 2.05) is 6.92 Å². The molecule has 0 aliphatic heterocycles. The van der Waals surface area contributed by atoms with Gasteiger partial charge in [-0.2, -0.15) is 5.10 Å². The summed E-state index contributed by atoms with van der Waals surface area (Å²) in [6, 6.07) is 0.464. The van der Waals surface area contributed by atoms with Crippen LogP contribution >= 0.6 is 15.9 Å². The van der Waals surface area contributed by atoms with Crippen LogP contribution < -0.4 is 16.2 Å². The van der Waals surface area contributed by atoms with Gasteiger partial charge < -0.3 is 10.6 Å². The molecule has 0 aliphatic rings.